The van der Waals surface area contributed by atoms with Crippen LogP contribution >= 0.6 is 23.1 Å². The lowest BCUT2D eigenvalue weighted by Crippen LogP contribution is -2.31. The second-order valence-corrected chi connectivity index (χ2v) is 9.11. The first-order valence-corrected chi connectivity index (χ1v) is 11.7. The third-order valence-electron chi connectivity index (χ3n) is 4.91. The fourth-order valence-electron chi connectivity index (χ4n) is 3.47. The molecule has 0 aliphatic carbocycles. The second kappa shape index (κ2) is 8.53. The molecule has 4 aromatic rings. The zero-order valence-electron chi connectivity index (χ0n) is 16.8. The molecule has 0 radical (unpaired) electrons. The Morgan fingerprint density at radius 2 is 1.97 bits per heavy atom. The van der Waals surface area contributed by atoms with Crippen LogP contribution in [-0.2, 0) is 0 Å². The molecule has 2 aromatic carbocycles. The van der Waals surface area contributed by atoms with E-state index in [0.29, 0.717) is 18.3 Å². The molecule has 1 aliphatic heterocycles. The number of fused-ring (bicyclic) bond motifs is 2. The minimum absolute atomic E-state index is 0.0389. The standard InChI is InChI=1S/C24H19N3O2S2/c1-2-13-27-19-11-9-16(15-21(19)31-20-8-4-3-7-18(20)24(27)28)23-25-22(29-26-23)12-10-17-6-5-14-30-17/h3-12,14-15H,2,13H2,1H3. The molecule has 0 atom stereocenters. The summed E-state index contributed by atoms with van der Waals surface area (Å²) in [7, 11) is 0. The van der Waals surface area contributed by atoms with Gasteiger partial charge in [0.25, 0.3) is 11.8 Å². The van der Waals surface area contributed by atoms with Gasteiger partial charge in [-0.25, -0.2) is 0 Å². The van der Waals surface area contributed by atoms with E-state index in [2.05, 4.69) is 17.1 Å². The monoisotopic (exact) mass is 445 g/mol. The molecule has 0 spiro atoms. The fourth-order valence-corrected chi connectivity index (χ4v) is 5.20. The summed E-state index contributed by atoms with van der Waals surface area (Å²) >= 11 is 3.25. The van der Waals surface area contributed by atoms with E-state index >= 15 is 0 Å². The van der Waals surface area contributed by atoms with E-state index in [1.54, 1.807) is 23.1 Å². The highest BCUT2D eigenvalue weighted by Crippen LogP contribution is 2.42. The molecule has 0 fully saturated rings. The molecule has 0 bridgehead atoms. The Kier molecular flexibility index (Phi) is 5.44. The number of amides is 1. The van der Waals surface area contributed by atoms with Gasteiger partial charge < -0.3 is 9.42 Å². The van der Waals surface area contributed by atoms with Crippen molar-refractivity contribution in [3.05, 3.63) is 76.3 Å². The van der Waals surface area contributed by atoms with Gasteiger partial charge in [-0.1, -0.05) is 42.0 Å². The third-order valence-corrected chi connectivity index (χ3v) is 6.87. The van der Waals surface area contributed by atoms with E-state index in [-0.39, 0.29) is 5.91 Å². The molecule has 0 unspecified atom stereocenters. The Morgan fingerprint density at radius 3 is 2.81 bits per heavy atom. The van der Waals surface area contributed by atoms with Crippen LogP contribution in [0.1, 0.15) is 34.5 Å². The van der Waals surface area contributed by atoms with E-state index in [1.165, 1.54) is 0 Å². The van der Waals surface area contributed by atoms with Gasteiger partial charge in [0.1, 0.15) is 0 Å². The van der Waals surface area contributed by atoms with Crippen LogP contribution in [0.15, 0.2) is 74.3 Å². The lowest BCUT2D eigenvalue weighted by molar-refractivity contribution is 0.0984. The molecule has 0 N–H and O–H groups in total. The lowest BCUT2D eigenvalue weighted by Gasteiger charge is -2.22. The topological polar surface area (TPSA) is 59.2 Å². The van der Waals surface area contributed by atoms with Crippen molar-refractivity contribution in [2.24, 2.45) is 0 Å². The predicted molar refractivity (Wildman–Crippen MR) is 126 cm³/mol. The third kappa shape index (κ3) is 3.94. The van der Waals surface area contributed by atoms with E-state index in [1.807, 2.05) is 77.0 Å². The average molecular weight is 446 g/mol. The number of thiophene rings is 1. The molecule has 3 heterocycles. The van der Waals surface area contributed by atoms with E-state index in [4.69, 9.17) is 4.52 Å². The number of rotatable bonds is 5. The second-order valence-electron chi connectivity index (χ2n) is 7.04. The van der Waals surface area contributed by atoms with Crippen molar-refractivity contribution >= 4 is 46.8 Å². The van der Waals surface area contributed by atoms with Crippen molar-refractivity contribution in [3.8, 4) is 11.4 Å². The maximum absolute atomic E-state index is 13.2. The number of anilines is 1. The summed E-state index contributed by atoms with van der Waals surface area (Å²) in [6, 6.07) is 17.8. The Balaban J connectivity index is 1.50. The number of hydrogen-bond acceptors (Lipinski definition) is 6. The summed E-state index contributed by atoms with van der Waals surface area (Å²) in [5.74, 6) is 1.02. The molecule has 0 saturated heterocycles. The highest BCUT2D eigenvalue weighted by molar-refractivity contribution is 7.99. The van der Waals surface area contributed by atoms with Gasteiger partial charge in [0.05, 0.1) is 11.3 Å². The Bertz CT molecular complexity index is 1260. The van der Waals surface area contributed by atoms with Gasteiger partial charge in [-0.3, -0.25) is 4.79 Å². The molecular weight excluding hydrogens is 426 g/mol. The normalized spacial score (nSPS) is 13.3. The van der Waals surface area contributed by atoms with Crippen LogP contribution in [0.3, 0.4) is 0 Å². The van der Waals surface area contributed by atoms with Gasteiger partial charge in [-0.2, -0.15) is 4.98 Å². The van der Waals surface area contributed by atoms with Crippen LogP contribution in [0.2, 0.25) is 0 Å². The van der Waals surface area contributed by atoms with Crippen LogP contribution < -0.4 is 4.90 Å². The molecule has 154 valence electrons. The van der Waals surface area contributed by atoms with Crippen molar-refractivity contribution < 1.29 is 9.32 Å². The van der Waals surface area contributed by atoms with Gasteiger partial charge >= 0.3 is 0 Å². The minimum Gasteiger partial charge on any atom is -0.334 e. The van der Waals surface area contributed by atoms with Crippen LogP contribution in [0.5, 0.6) is 0 Å². The first-order chi connectivity index (χ1) is 15.2. The van der Waals surface area contributed by atoms with Crippen molar-refractivity contribution in [2.45, 2.75) is 23.1 Å². The highest BCUT2D eigenvalue weighted by Gasteiger charge is 2.27. The summed E-state index contributed by atoms with van der Waals surface area (Å²) in [6.07, 6.45) is 4.66. The highest BCUT2D eigenvalue weighted by atomic mass is 32.2. The Morgan fingerprint density at radius 1 is 1.06 bits per heavy atom. The van der Waals surface area contributed by atoms with Gasteiger partial charge in [0.15, 0.2) is 0 Å². The Labute approximate surface area is 188 Å². The quantitative estimate of drug-likeness (QED) is 0.351. The molecule has 5 rings (SSSR count). The summed E-state index contributed by atoms with van der Waals surface area (Å²) in [5.41, 5.74) is 2.51. The average Bonchev–Trinajstić information content (AvgIpc) is 3.46. The Hall–Kier alpha value is -3.16. The molecule has 7 heteroatoms. The van der Waals surface area contributed by atoms with Gasteiger partial charge in [0.2, 0.25) is 5.82 Å². The van der Waals surface area contributed by atoms with Crippen molar-refractivity contribution in [2.75, 3.05) is 11.4 Å². The van der Waals surface area contributed by atoms with Crippen LogP contribution in [-0.4, -0.2) is 22.6 Å². The maximum atomic E-state index is 13.2. The fraction of sp³-hybridized carbons (Fsp3) is 0.125. The van der Waals surface area contributed by atoms with E-state index in [9.17, 15) is 4.79 Å². The van der Waals surface area contributed by atoms with E-state index in [0.717, 1.165) is 37.9 Å². The van der Waals surface area contributed by atoms with Crippen LogP contribution in [0, 0.1) is 0 Å². The number of carbonyl (C=O) groups excluding carboxylic acids is 1. The zero-order valence-corrected chi connectivity index (χ0v) is 18.5. The number of aromatic nitrogens is 2. The van der Waals surface area contributed by atoms with Crippen LogP contribution in [0.4, 0.5) is 5.69 Å². The lowest BCUT2D eigenvalue weighted by atomic mass is 10.1. The number of carbonyl (C=O) groups is 1. The van der Waals surface area contributed by atoms with Gasteiger partial charge in [-0.05, 0) is 54.3 Å². The van der Waals surface area contributed by atoms with Crippen molar-refractivity contribution in [3.63, 3.8) is 0 Å². The van der Waals surface area contributed by atoms with Gasteiger partial charge in [-0.15, -0.1) is 11.3 Å². The maximum Gasteiger partial charge on any atom is 0.259 e. The SMILES string of the molecule is CCCN1C(=O)c2ccccc2Sc2cc(-c3noc(C=Cc4cccs4)n3)ccc21. The summed E-state index contributed by atoms with van der Waals surface area (Å²) in [5, 5.41) is 6.17. The number of hydrogen-bond donors (Lipinski definition) is 0. The van der Waals surface area contributed by atoms with Crippen LogP contribution in [0.25, 0.3) is 23.5 Å². The molecule has 1 amide bonds. The molecule has 1 aliphatic rings. The molecule has 2 aromatic heterocycles. The molecule has 5 nitrogen and oxygen atoms in total. The largest absolute Gasteiger partial charge is 0.334 e. The first kappa shape index (κ1) is 19.8. The van der Waals surface area contributed by atoms with E-state index < -0.39 is 0 Å². The smallest absolute Gasteiger partial charge is 0.259 e. The predicted octanol–water partition coefficient (Wildman–Crippen LogP) is 6.49. The minimum atomic E-state index is 0.0389. The summed E-state index contributed by atoms with van der Waals surface area (Å²) < 4.78 is 5.40. The zero-order chi connectivity index (χ0) is 21.2. The van der Waals surface area contributed by atoms with Crippen molar-refractivity contribution in [1.29, 1.82) is 0 Å². The molecule has 31 heavy (non-hydrogen) atoms. The number of nitrogens with zero attached hydrogens (tertiary/aromatic N) is 3. The first-order valence-electron chi connectivity index (χ1n) is 10.0. The molecular formula is C24H19N3O2S2. The summed E-state index contributed by atoms with van der Waals surface area (Å²) in [4.78, 5) is 22.7. The van der Waals surface area contributed by atoms with Crippen molar-refractivity contribution in [1.82, 2.24) is 10.1 Å². The summed E-state index contributed by atoms with van der Waals surface area (Å²) in [6.45, 7) is 2.75. The number of benzene rings is 2. The molecule has 0 saturated carbocycles. The van der Waals surface area contributed by atoms with Gasteiger partial charge in [0, 0.05) is 32.9 Å².